The predicted octanol–water partition coefficient (Wildman–Crippen LogP) is 1.78. The smallest absolute Gasteiger partial charge is 0.319 e. The summed E-state index contributed by atoms with van der Waals surface area (Å²) in [5.41, 5.74) is 0.559. The van der Waals surface area contributed by atoms with Gasteiger partial charge in [-0.1, -0.05) is 0 Å². The average Bonchev–Trinajstić information content (AvgIpc) is 2.44. The number of rotatable bonds is 7. The summed E-state index contributed by atoms with van der Waals surface area (Å²) < 4.78 is 15.7. The molecule has 0 radical (unpaired) electrons. The number of nitrogens with zero attached hydrogens (tertiary/aromatic N) is 1. The van der Waals surface area contributed by atoms with Crippen molar-refractivity contribution in [3.05, 3.63) is 12.1 Å². The van der Waals surface area contributed by atoms with E-state index in [2.05, 4.69) is 10.6 Å². The molecule has 1 aromatic carbocycles. The van der Waals surface area contributed by atoms with Gasteiger partial charge in [-0.2, -0.15) is 0 Å². The molecule has 0 bridgehead atoms. The van der Waals surface area contributed by atoms with Crippen LogP contribution in [-0.2, 0) is 0 Å². The number of hydrogen-bond acceptors (Lipinski definition) is 5. The molecule has 0 saturated carbocycles. The molecule has 1 aromatic rings. The fraction of sp³-hybridized carbons (Fsp3) is 0.533. The maximum absolute atomic E-state index is 12.0. The molecule has 1 atom stereocenters. The fourth-order valence-corrected chi connectivity index (χ4v) is 2.14. The molecule has 22 heavy (non-hydrogen) atoms. The number of likely N-dealkylation sites (N-methyl/N-ethyl adjacent to an activating group) is 1. The molecule has 0 spiro atoms. The van der Waals surface area contributed by atoms with Gasteiger partial charge in [0, 0.05) is 24.7 Å². The van der Waals surface area contributed by atoms with Gasteiger partial charge in [-0.15, -0.1) is 0 Å². The lowest BCUT2D eigenvalue weighted by Gasteiger charge is -2.19. The number of urea groups is 1. The first-order chi connectivity index (χ1) is 10.4. The van der Waals surface area contributed by atoms with E-state index < -0.39 is 0 Å². The third kappa shape index (κ3) is 5.00. The van der Waals surface area contributed by atoms with Crippen LogP contribution in [-0.4, -0.2) is 58.9 Å². The van der Waals surface area contributed by atoms with Crippen LogP contribution < -0.4 is 24.8 Å². The van der Waals surface area contributed by atoms with E-state index >= 15 is 0 Å². The topological polar surface area (TPSA) is 72.1 Å². The summed E-state index contributed by atoms with van der Waals surface area (Å²) in [6, 6.07) is 3.09. The Morgan fingerprint density at radius 3 is 2.09 bits per heavy atom. The second-order valence-corrected chi connectivity index (χ2v) is 5.18. The molecule has 2 amide bonds. The maximum Gasteiger partial charge on any atom is 0.319 e. The zero-order valence-electron chi connectivity index (χ0n) is 14.0. The average molecular weight is 311 g/mol. The number of nitrogens with one attached hydrogen (secondary N) is 2. The molecule has 7 heteroatoms. The lowest BCUT2D eigenvalue weighted by Crippen LogP contribution is -2.41. The Morgan fingerprint density at radius 1 is 1.14 bits per heavy atom. The minimum absolute atomic E-state index is 0.0250. The van der Waals surface area contributed by atoms with Crippen molar-refractivity contribution in [1.82, 2.24) is 10.2 Å². The van der Waals surface area contributed by atoms with Crippen LogP contribution in [0.3, 0.4) is 0 Å². The highest BCUT2D eigenvalue weighted by molar-refractivity contribution is 5.90. The van der Waals surface area contributed by atoms with Crippen LogP contribution >= 0.6 is 0 Å². The summed E-state index contributed by atoms with van der Waals surface area (Å²) in [6.07, 6.45) is 0. The molecule has 1 unspecified atom stereocenters. The molecule has 0 aliphatic heterocycles. The third-order valence-electron chi connectivity index (χ3n) is 2.94. The lowest BCUT2D eigenvalue weighted by atomic mass is 10.2. The van der Waals surface area contributed by atoms with E-state index in [0.29, 0.717) is 22.9 Å². The van der Waals surface area contributed by atoms with Crippen LogP contribution in [0.2, 0.25) is 0 Å². The maximum atomic E-state index is 12.0. The number of ether oxygens (including phenoxy) is 3. The summed E-state index contributed by atoms with van der Waals surface area (Å²) >= 11 is 0. The Bertz CT molecular complexity index is 481. The van der Waals surface area contributed by atoms with Gasteiger partial charge in [-0.05, 0) is 21.0 Å². The molecular formula is C15H25N3O4. The number of carbonyl (C=O) groups excluding carboxylic acids is 1. The second-order valence-electron chi connectivity index (χ2n) is 5.18. The Hall–Kier alpha value is -2.15. The van der Waals surface area contributed by atoms with E-state index in [1.54, 1.807) is 12.1 Å². The predicted molar refractivity (Wildman–Crippen MR) is 86.3 cm³/mol. The molecule has 0 fully saturated rings. The van der Waals surface area contributed by atoms with Gasteiger partial charge in [0.1, 0.15) is 0 Å². The number of anilines is 1. The molecule has 0 aromatic heterocycles. The van der Waals surface area contributed by atoms with Crippen LogP contribution in [0.15, 0.2) is 12.1 Å². The van der Waals surface area contributed by atoms with Crippen molar-refractivity contribution in [1.29, 1.82) is 0 Å². The molecule has 0 saturated heterocycles. The Morgan fingerprint density at radius 2 is 1.68 bits per heavy atom. The monoisotopic (exact) mass is 311 g/mol. The van der Waals surface area contributed by atoms with Gasteiger partial charge in [-0.3, -0.25) is 0 Å². The first-order valence-corrected chi connectivity index (χ1v) is 6.93. The highest BCUT2D eigenvalue weighted by Crippen LogP contribution is 2.39. The standard InChI is InChI=1S/C15H25N3O4/c1-10(9-18(2)3)16-15(19)17-11-7-12(20-4)14(22-6)13(8-11)21-5/h7-8,10H,9H2,1-6H3,(H2,16,17,19). The first kappa shape index (κ1) is 17.9. The van der Waals surface area contributed by atoms with E-state index in [9.17, 15) is 4.79 Å². The lowest BCUT2D eigenvalue weighted by molar-refractivity contribution is 0.245. The zero-order valence-corrected chi connectivity index (χ0v) is 14.0. The quantitative estimate of drug-likeness (QED) is 0.803. The first-order valence-electron chi connectivity index (χ1n) is 6.93. The molecule has 0 heterocycles. The van der Waals surface area contributed by atoms with Crippen molar-refractivity contribution in [2.45, 2.75) is 13.0 Å². The molecule has 2 N–H and O–H groups in total. The number of methoxy groups -OCH3 is 3. The van der Waals surface area contributed by atoms with Gasteiger partial charge in [0.15, 0.2) is 11.5 Å². The summed E-state index contributed by atoms with van der Waals surface area (Å²) in [6.45, 7) is 2.69. The summed E-state index contributed by atoms with van der Waals surface area (Å²) in [4.78, 5) is 14.0. The minimum Gasteiger partial charge on any atom is -0.493 e. The zero-order chi connectivity index (χ0) is 16.7. The number of carbonyl (C=O) groups is 1. The van der Waals surface area contributed by atoms with Crippen LogP contribution in [0.5, 0.6) is 17.2 Å². The second kappa shape index (κ2) is 8.33. The van der Waals surface area contributed by atoms with Crippen molar-refractivity contribution < 1.29 is 19.0 Å². The van der Waals surface area contributed by atoms with E-state index in [-0.39, 0.29) is 12.1 Å². The largest absolute Gasteiger partial charge is 0.493 e. The van der Waals surface area contributed by atoms with E-state index in [1.165, 1.54) is 21.3 Å². The highest BCUT2D eigenvalue weighted by atomic mass is 16.5. The van der Waals surface area contributed by atoms with Crippen molar-refractivity contribution in [3.8, 4) is 17.2 Å². The summed E-state index contributed by atoms with van der Waals surface area (Å²) in [5, 5.41) is 5.62. The molecule has 0 aliphatic rings. The van der Waals surface area contributed by atoms with Crippen molar-refractivity contribution in [2.24, 2.45) is 0 Å². The SMILES string of the molecule is COc1cc(NC(=O)NC(C)CN(C)C)cc(OC)c1OC. The van der Waals surface area contributed by atoms with Gasteiger partial charge in [0.05, 0.1) is 27.0 Å². The summed E-state index contributed by atoms with van der Waals surface area (Å²) in [7, 11) is 8.49. The van der Waals surface area contributed by atoms with Crippen molar-refractivity contribution in [2.75, 3.05) is 47.3 Å². The van der Waals surface area contributed by atoms with E-state index in [0.717, 1.165) is 6.54 Å². The van der Waals surface area contributed by atoms with Crippen molar-refractivity contribution in [3.63, 3.8) is 0 Å². The van der Waals surface area contributed by atoms with E-state index in [4.69, 9.17) is 14.2 Å². The van der Waals surface area contributed by atoms with Gasteiger partial charge < -0.3 is 29.7 Å². The van der Waals surface area contributed by atoms with Crippen molar-refractivity contribution >= 4 is 11.7 Å². The summed E-state index contributed by atoms with van der Waals surface area (Å²) in [5.74, 6) is 1.45. The van der Waals surface area contributed by atoms with Gasteiger partial charge >= 0.3 is 6.03 Å². The van der Waals surface area contributed by atoms with Gasteiger partial charge in [0.2, 0.25) is 5.75 Å². The van der Waals surface area contributed by atoms with Crippen LogP contribution in [0, 0.1) is 0 Å². The number of hydrogen-bond donors (Lipinski definition) is 2. The Balaban J connectivity index is 2.82. The molecule has 0 aliphatic carbocycles. The number of amides is 2. The van der Waals surface area contributed by atoms with Gasteiger partial charge in [-0.25, -0.2) is 4.79 Å². The minimum atomic E-state index is -0.288. The van der Waals surface area contributed by atoms with Gasteiger partial charge in [0.25, 0.3) is 0 Å². The molecule has 1 rings (SSSR count). The Kier molecular flexibility index (Phi) is 6.78. The molecule has 124 valence electrons. The van der Waals surface area contributed by atoms with Crippen LogP contribution in [0.1, 0.15) is 6.92 Å². The van der Waals surface area contributed by atoms with Crippen LogP contribution in [0.4, 0.5) is 10.5 Å². The highest BCUT2D eigenvalue weighted by Gasteiger charge is 2.15. The Labute approximate surface area is 131 Å². The number of benzene rings is 1. The molecule has 7 nitrogen and oxygen atoms in total. The molecular weight excluding hydrogens is 286 g/mol. The fourth-order valence-electron chi connectivity index (χ4n) is 2.14. The normalized spacial score (nSPS) is 11.8. The van der Waals surface area contributed by atoms with E-state index in [1.807, 2.05) is 25.9 Å². The third-order valence-corrected chi connectivity index (χ3v) is 2.94. The van der Waals surface area contributed by atoms with Crippen LogP contribution in [0.25, 0.3) is 0 Å².